The Balaban J connectivity index is 1.44. The molecule has 4 aromatic rings. The Kier molecular flexibility index (Phi) is 6.08. The van der Waals surface area contributed by atoms with E-state index in [0.717, 1.165) is 27.8 Å². The summed E-state index contributed by atoms with van der Waals surface area (Å²) in [5, 5.41) is 3.69. The minimum Gasteiger partial charge on any atom is -0.483 e. The van der Waals surface area contributed by atoms with E-state index in [4.69, 9.17) is 9.15 Å². The second-order valence-corrected chi connectivity index (χ2v) is 8.10. The molecule has 0 radical (unpaired) electrons. The standard InChI is InChI=1S/C27H25NO4/c1-17(2)22-13-8-18(3)14-25(22)31-16-26(29)28-21-11-9-19(10-12-21)23-15-20-6-4-5-7-24(20)32-27(23)30/h4-15,17H,16H2,1-3H3,(H,28,29). The van der Waals surface area contributed by atoms with Crippen molar-refractivity contribution in [3.05, 3.63) is 94.3 Å². The molecule has 1 heterocycles. The van der Waals surface area contributed by atoms with Gasteiger partial charge in [-0.3, -0.25) is 4.79 Å². The fourth-order valence-corrected chi connectivity index (χ4v) is 3.58. The Morgan fingerprint density at radius 2 is 1.75 bits per heavy atom. The summed E-state index contributed by atoms with van der Waals surface area (Å²) in [7, 11) is 0. The number of para-hydroxylation sites is 1. The largest absolute Gasteiger partial charge is 0.483 e. The molecule has 3 aromatic carbocycles. The summed E-state index contributed by atoms with van der Waals surface area (Å²) in [6.07, 6.45) is 0. The van der Waals surface area contributed by atoms with E-state index in [1.165, 1.54) is 0 Å². The highest BCUT2D eigenvalue weighted by Gasteiger charge is 2.11. The van der Waals surface area contributed by atoms with Gasteiger partial charge in [-0.25, -0.2) is 4.79 Å². The normalized spacial score (nSPS) is 11.0. The van der Waals surface area contributed by atoms with Gasteiger partial charge in [-0.2, -0.15) is 0 Å². The summed E-state index contributed by atoms with van der Waals surface area (Å²) in [6, 6.07) is 22.3. The lowest BCUT2D eigenvalue weighted by Crippen LogP contribution is -2.20. The Hall–Kier alpha value is -3.86. The minimum atomic E-state index is -0.395. The Labute approximate surface area is 186 Å². The molecule has 0 unspecified atom stereocenters. The van der Waals surface area contributed by atoms with Gasteiger partial charge >= 0.3 is 5.63 Å². The van der Waals surface area contributed by atoms with E-state index in [0.29, 0.717) is 22.8 Å². The molecule has 0 fully saturated rings. The Morgan fingerprint density at radius 3 is 2.50 bits per heavy atom. The molecule has 0 spiro atoms. The van der Waals surface area contributed by atoms with Crippen LogP contribution < -0.4 is 15.7 Å². The van der Waals surface area contributed by atoms with Gasteiger partial charge in [0, 0.05) is 11.1 Å². The summed E-state index contributed by atoms with van der Waals surface area (Å²) in [4.78, 5) is 24.8. The van der Waals surface area contributed by atoms with Crippen LogP contribution in [0.1, 0.15) is 30.9 Å². The van der Waals surface area contributed by atoms with Crippen molar-refractivity contribution in [2.24, 2.45) is 0 Å². The lowest BCUT2D eigenvalue weighted by molar-refractivity contribution is -0.118. The summed E-state index contributed by atoms with van der Waals surface area (Å²) < 4.78 is 11.2. The lowest BCUT2D eigenvalue weighted by atomic mass is 10.0. The maximum absolute atomic E-state index is 12.4. The number of fused-ring (bicyclic) bond motifs is 1. The first-order valence-corrected chi connectivity index (χ1v) is 10.6. The van der Waals surface area contributed by atoms with Crippen LogP contribution in [-0.2, 0) is 4.79 Å². The van der Waals surface area contributed by atoms with Crippen LogP contribution in [0.5, 0.6) is 5.75 Å². The van der Waals surface area contributed by atoms with Gasteiger partial charge < -0.3 is 14.5 Å². The van der Waals surface area contributed by atoms with Crippen LogP contribution in [0.3, 0.4) is 0 Å². The molecule has 0 atom stereocenters. The molecule has 5 nitrogen and oxygen atoms in total. The smallest absolute Gasteiger partial charge is 0.344 e. The van der Waals surface area contributed by atoms with Crippen LogP contribution in [0.25, 0.3) is 22.1 Å². The SMILES string of the molecule is Cc1ccc(C(C)C)c(OCC(=O)Nc2ccc(-c3cc4ccccc4oc3=O)cc2)c1. The average molecular weight is 428 g/mol. The van der Waals surface area contributed by atoms with Crippen LogP contribution in [0.4, 0.5) is 5.69 Å². The predicted molar refractivity (Wildman–Crippen MR) is 127 cm³/mol. The van der Waals surface area contributed by atoms with Gasteiger partial charge in [0.1, 0.15) is 11.3 Å². The van der Waals surface area contributed by atoms with Gasteiger partial charge in [-0.15, -0.1) is 0 Å². The lowest BCUT2D eigenvalue weighted by Gasteiger charge is -2.15. The molecule has 1 amide bonds. The van der Waals surface area contributed by atoms with Gasteiger partial charge in [0.05, 0.1) is 5.56 Å². The van der Waals surface area contributed by atoms with Crippen LogP contribution in [0.15, 0.2) is 82.0 Å². The summed E-state index contributed by atoms with van der Waals surface area (Å²) in [6.45, 7) is 6.10. The van der Waals surface area contributed by atoms with Crippen LogP contribution >= 0.6 is 0 Å². The molecule has 5 heteroatoms. The fourth-order valence-electron chi connectivity index (χ4n) is 3.58. The number of anilines is 1. The van der Waals surface area contributed by atoms with E-state index in [-0.39, 0.29) is 12.5 Å². The van der Waals surface area contributed by atoms with Crippen molar-refractivity contribution < 1.29 is 13.9 Å². The van der Waals surface area contributed by atoms with Crippen molar-refractivity contribution in [1.29, 1.82) is 0 Å². The molecule has 0 saturated heterocycles. The second-order valence-electron chi connectivity index (χ2n) is 8.10. The third kappa shape index (κ3) is 4.72. The van der Waals surface area contributed by atoms with Crippen LogP contribution in [0.2, 0.25) is 0 Å². The monoisotopic (exact) mass is 427 g/mol. The van der Waals surface area contributed by atoms with Gasteiger partial charge in [0.2, 0.25) is 0 Å². The van der Waals surface area contributed by atoms with Crippen molar-refractivity contribution in [1.82, 2.24) is 0 Å². The Bertz CT molecular complexity index is 1320. The average Bonchev–Trinajstić information content (AvgIpc) is 2.77. The van der Waals surface area contributed by atoms with Crippen LogP contribution in [0, 0.1) is 6.92 Å². The number of hydrogen-bond acceptors (Lipinski definition) is 4. The molecule has 0 saturated carbocycles. The number of hydrogen-bond donors (Lipinski definition) is 1. The van der Waals surface area contributed by atoms with E-state index < -0.39 is 5.63 Å². The number of carbonyl (C=O) groups is 1. The van der Waals surface area contributed by atoms with Gasteiger partial charge in [0.15, 0.2) is 6.61 Å². The van der Waals surface area contributed by atoms with E-state index in [2.05, 4.69) is 19.2 Å². The molecular weight excluding hydrogens is 402 g/mol. The molecule has 162 valence electrons. The zero-order chi connectivity index (χ0) is 22.7. The third-order valence-electron chi connectivity index (χ3n) is 5.27. The highest BCUT2D eigenvalue weighted by Crippen LogP contribution is 2.27. The van der Waals surface area contributed by atoms with E-state index in [1.54, 1.807) is 30.3 Å². The maximum Gasteiger partial charge on any atom is 0.344 e. The zero-order valence-electron chi connectivity index (χ0n) is 18.3. The molecule has 0 bridgehead atoms. The number of nitrogens with one attached hydrogen (secondary N) is 1. The highest BCUT2D eigenvalue weighted by atomic mass is 16.5. The van der Waals surface area contributed by atoms with Crippen molar-refractivity contribution in [2.75, 3.05) is 11.9 Å². The quantitative estimate of drug-likeness (QED) is 0.389. The number of rotatable bonds is 6. The minimum absolute atomic E-state index is 0.0841. The number of benzene rings is 3. The van der Waals surface area contributed by atoms with Crippen molar-refractivity contribution in [2.45, 2.75) is 26.7 Å². The topological polar surface area (TPSA) is 68.5 Å². The van der Waals surface area contributed by atoms with E-state index >= 15 is 0 Å². The summed E-state index contributed by atoms with van der Waals surface area (Å²) in [5.41, 5.74) is 4.14. The molecule has 32 heavy (non-hydrogen) atoms. The molecular formula is C27H25NO4. The van der Waals surface area contributed by atoms with Gasteiger partial charge in [-0.05, 0) is 59.9 Å². The first-order valence-electron chi connectivity index (χ1n) is 10.6. The Morgan fingerprint density at radius 1 is 1.00 bits per heavy atom. The van der Waals surface area contributed by atoms with E-state index in [9.17, 15) is 9.59 Å². The van der Waals surface area contributed by atoms with E-state index in [1.807, 2.05) is 49.4 Å². The number of aryl methyl sites for hydroxylation is 1. The summed E-state index contributed by atoms with van der Waals surface area (Å²) >= 11 is 0. The van der Waals surface area contributed by atoms with Gasteiger partial charge in [-0.1, -0.05) is 56.3 Å². The van der Waals surface area contributed by atoms with Crippen molar-refractivity contribution in [3.8, 4) is 16.9 Å². The van der Waals surface area contributed by atoms with Gasteiger partial charge in [0.25, 0.3) is 5.91 Å². The third-order valence-corrected chi connectivity index (χ3v) is 5.27. The van der Waals surface area contributed by atoms with Crippen molar-refractivity contribution in [3.63, 3.8) is 0 Å². The highest BCUT2D eigenvalue weighted by molar-refractivity contribution is 5.92. The molecule has 1 N–H and O–H groups in total. The molecule has 4 rings (SSSR count). The number of amides is 1. The summed E-state index contributed by atoms with van der Waals surface area (Å²) in [5.74, 6) is 0.779. The fraction of sp³-hybridized carbons (Fsp3) is 0.185. The molecule has 0 aliphatic rings. The second kappa shape index (κ2) is 9.10. The maximum atomic E-state index is 12.4. The molecule has 1 aromatic heterocycles. The predicted octanol–water partition coefficient (Wildman–Crippen LogP) is 5.91. The number of carbonyl (C=O) groups excluding carboxylic acids is 1. The van der Waals surface area contributed by atoms with Crippen molar-refractivity contribution >= 4 is 22.6 Å². The molecule has 0 aliphatic heterocycles. The first-order chi connectivity index (χ1) is 15.4. The zero-order valence-corrected chi connectivity index (χ0v) is 18.3. The number of ether oxygens (including phenoxy) is 1. The molecule has 0 aliphatic carbocycles. The van der Waals surface area contributed by atoms with Crippen LogP contribution in [-0.4, -0.2) is 12.5 Å². The first kappa shape index (κ1) is 21.4.